The summed E-state index contributed by atoms with van der Waals surface area (Å²) in [6.45, 7) is 10.5. The fraction of sp³-hybridized carbons (Fsp3) is 0.357. The van der Waals surface area contributed by atoms with Crippen molar-refractivity contribution in [3.63, 3.8) is 0 Å². The molecule has 2 aromatic carbocycles. The number of hydrogen-bond acceptors (Lipinski definition) is 4. The summed E-state index contributed by atoms with van der Waals surface area (Å²) in [5.41, 5.74) is 5.37. The molecule has 1 aliphatic carbocycles. The molecular weight excluding hydrogens is 412 g/mol. The molecule has 1 amide bonds. The van der Waals surface area contributed by atoms with Crippen LogP contribution in [0.25, 0.3) is 0 Å². The summed E-state index contributed by atoms with van der Waals surface area (Å²) < 4.78 is 5.94. The summed E-state index contributed by atoms with van der Waals surface area (Å²) in [6, 6.07) is 15.4. The second-order valence-electron chi connectivity index (χ2n) is 9.67. The van der Waals surface area contributed by atoms with Crippen LogP contribution in [-0.4, -0.2) is 18.3 Å². The van der Waals surface area contributed by atoms with Crippen LogP contribution in [0.2, 0.25) is 0 Å². The Kier molecular flexibility index (Phi) is 6.15. The normalized spacial score (nSPS) is 19.7. The summed E-state index contributed by atoms with van der Waals surface area (Å²) in [4.78, 5) is 27.2. The second-order valence-corrected chi connectivity index (χ2v) is 9.67. The molecule has 1 aliphatic heterocycles. The van der Waals surface area contributed by atoms with Crippen molar-refractivity contribution in [2.24, 2.45) is 5.41 Å². The Balaban J connectivity index is 1.86. The summed E-state index contributed by atoms with van der Waals surface area (Å²) in [5, 5.41) is 6.50. The van der Waals surface area contributed by atoms with Gasteiger partial charge in [0.25, 0.3) is 5.91 Å². The van der Waals surface area contributed by atoms with Crippen molar-refractivity contribution in [1.82, 2.24) is 5.32 Å². The van der Waals surface area contributed by atoms with E-state index in [0.29, 0.717) is 29.9 Å². The molecule has 0 saturated heterocycles. The van der Waals surface area contributed by atoms with Gasteiger partial charge in [-0.25, -0.2) is 0 Å². The minimum atomic E-state index is -0.489. The van der Waals surface area contributed by atoms with Gasteiger partial charge in [-0.1, -0.05) is 50.2 Å². The number of carbonyl (C=O) groups excluding carboxylic acids is 2. The minimum absolute atomic E-state index is 0.0822. The third-order valence-corrected chi connectivity index (χ3v) is 6.41. The number of aryl methyl sites for hydroxylation is 1. The van der Waals surface area contributed by atoms with Crippen molar-refractivity contribution >= 4 is 17.4 Å². The molecule has 0 fully saturated rings. The van der Waals surface area contributed by atoms with E-state index in [2.05, 4.69) is 24.5 Å². The van der Waals surface area contributed by atoms with Gasteiger partial charge in [0, 0.05) is 40.2 Å². The number of allylic oxidation sites excluding steroid dienone is 3. The van der Waals surface area contributed by atoms with Crippen LogP contribution in [0, 0.1) is 12.3 Å². The molecule has 1 heterocycles. The van der Waals surface area contributed by atoms with Crippen molar-refractivity contribution in [1.29, 1.82) is 0 Å². The molecule has 0 bridgehead atoms. The van der Waals surface area contributed by atoms with Gasteiger partial charge in [0.15, 0.2) is 5.78 Å². The minimum Gasteiger partial charge on any atom is -0.494 e. The van der Waals surface area contributed by atoms with Crippen LogP contribution >= 0.6 is 0 Å². The van der Waals surface area contributed by atoms with E-state index in [-0.39, 0.29) is 17.1 Å². The fourth-order valence-corrected chi connectivity index (χ4v) is 4.96. The Morgan fingerprint density at radius 3 is 2.52 bits per heavy atom. The number of dihydropyridines is 1. The first kappa shape index (κ1) is 22.8. The lowest BCUT2D eigenvalue weighted by Gasteiger charge is -2.40. The maximum Gasteiger partial charge on any atom is 0.254 e. The number of ether oxygens (including phenoxy) is 1. The second kappa shape index (κ2) is 8.89. The molecule has 172 valence electrons. The van der Waals surface area contributed by atoms with Crippen LogP contribution in [-0.2, 0) is 9.59 Å². The molecule has 4 rings (SSSR count). The third kappa shape index (κ3) is 4.45. The number of anilines is 1. The molecule has 2 N–H and O–H groups in total. The number of ketones is 1. The number of carbonyl (C=O) groups is 2. The van der Waals surface area contributed by atoms with Gasteiger partial charge in [0.1, 0.15) is 5.75 Å². The highest BCUT2D eigenvalue weighted by Crippen LogP contribution is 2.48. The van der Waals surface area contributed by atoms with Crippen LogP contribution < -0.4 is 15.4 Å². The van der Waals surface area contributed by atoms with Gasteiger partial charge >= 0.3 is 0 Å². The van der Waals surface area contributed by atoms with Gasteiger partial charge in [-0.3, -0.25) is 9.59 Å². The van der Waals surface area contributed by atoms with Gasteiger partial charge in [-0.05, 0) is 50.3 Å². The quantitative estimate of drug-likeness (QED) is 0.627. The third-order valence-electron chi connectivity index (χ3n) is 6.41. The summed E-state index contributed by atoms with van der Waals surface area (Å²) >= 11 is 0. The van der Waals surface area contributed by atoms with E-state index in [1.165, 1.54) is 0 Å². The van der Waals surface area contributed by atoms with E-state index in [1.807, 2.05) is 69.3 Å². The van der Waals surface area contributed by atoms with Gasteiger partial charge < -0.3 is 15.4 Å². The predicted molar refractivity (Wildman–Crippen MR) is 131 cm³/mol. The maximum atomic E-state index is 13.7. The lowest BCUT2D eigenvalue weighted by atomic mass is 9.68. The monoisotopic (exact) mass is 444 g/mol. The zero-order chi connectivity index (χ0) is 23.8. The molecule has 5 heteroatoms. The lowest BCUT2D eigenvalue weighted by Crippen LogP contribution is -2.39. The predicted octanol–water partition coefficient (Wildman–Crippen LogP) is 5.64. The van der Waals surface area contributed by atoms with E-state index in [0.717, 1.165) is 34.6 Å². The highest BCUT2D eigenvalue weighted by Gasteiger charge is 2.43. The van der Waals surface area contributed by atoms with E-state index >= 15 is 0 Å². The number of rotatable bonds is 5. The first-order valence-corrected chi connectivity index (χ1v) is 11.5. The van der Waals surface area contributed by atoms with Crippen molar-refractivity contribution in [3.8, 4) is 5.75 Å². The zero-order valence-electron chi connectivity index (χ0n) is 20.0. The molecule has 2 aliphatic rings. The lowest BCUT2D eigenvalue weighted by molar-refractivity contribution is -0.118. The van der Waals surface area contributed by atoms with Gasteiger partial charge in [0.05, 0.1) is 12.5 Å². The first-order valence-electron chi connectivity index (χ1n) is 11.5. The van der Waals surface area contributed by atoms with Crippen LogP contribution in [0.5, 0.6) is 5.75 Å². The number of nitrogens with one attached hydrogen (secondary N) is 2. The van der Waals surface area contributed by atoms with Gasteiger partial charge in [-0.2, -0.15) is 0 Å². The summed E-state index contributed by atoms with van der Waals surface area (Å²) in [6.07, 6.45) is 1.21. The number of para-hydroxylation sites is 2. The molecule has 0 spiro atoms. The molecule has 33 heavy (non-hydrogen) atoms. The Morgan fingerprint density at radius 1 is 1.09 bits per heavy atom. The molecule has 2 aromatic rings. The summed E-state index contributed by atoms with van der Waals surface area (Å²) in [7, 11) is 0. The van der Waals surface area contributed by atoms with Gasteiger partial charge in [0.2, 0.25) is 0 Å². The Hall–Kier alpha value is -3.34. The molecule has 1 atom stereocenters. The van der Waals surface area contributed by atoms with Crippen molar-refractivity contribution in [2.75, 3.05) is 11.9 Å². The molecule has 5 nitrogen and oxygen atoms in total. The molecule has 0 saturated carbocycles. The van der Waals surface area contributed by atoms with Gasteiger partial charge in [-0.15, -0.1) is 0 Å². The number of hydrogen-bond donors (Lipinski definition) is 2. The topological polar surface area (TPSA) is 67.4 Å². The van der Waals surface area contributed by atoms with Crippen molar-refractivity contribution in [3.05, 3.63) is 82.2 Å². The van der Waals surface area contributed by atoms with E-state index < -0.39 is 5.92 Å². The molecular formula is C28H32N2O3. The fourth-order valence-electron chi connectivity index (χ4n) is 4.96. The molecule has 0 aromatic heterocycles. The largest absolute Gasteiger partial charge is 0.494 e. The average Bonchev–Trinajstić information content (AvgIpc) is 2.74. The maximum absolute atomic E-state index is 13.7. The highest BCUT2D eigenvalue weighted by atomic mass is 16.5. The SMILES string of the molecule is CCOc1ccccc1[C@@H]1C(C(=O)Nc2ccccc2C)=C(C)NC2=C1C(=O)CC(C)(C)C2. The number of Topliss-reactive ketones (excluding diaryl/α,β-unsaturated/α-hetero) is 1. The Bertz CT molecular complexity index is 1170. The highest BCUT2D eigenvalue weighted by molar-refractivity contribution is 6.10. The molecule has 0 radical (unpaired) electrons. The van der Waals surface area contributed by atoms with Crippen LogP contribution in [0.3, 0.4) is 0 Å². The number of benzene rings is 2. The van der Waals surface area contributed by atoms with Crippen LogP contribution in [0.1, 0.15) is 57.6 Å². The smallest absolute Gasteiger partial charge is 0.254 e. The van der Waals surface area contributed by atoms with Crippen LogP contribution in [0.15, 0.2) is 71.1 Å². The van der Waals surface area contributed by atoms with Crippen molar-refractivity contribution < 1.29 is 14.3 Å². The Labute approximate surface area is 195 Å². The number of amides is 1. The standard InChI is InChI=1S/C28H32N2O3/c1-6-33-23-14-10-8-12-19(23)25-24(27(32)30-20-13-9-7-11-17(20)2)18(3)29-21-15-28(4,5)16-22(31)26(21)25/h7-14,25,29H,6,15-16H2,1-5H3,(H,30,32)/t25-/m1/s1. The van der Waals surface area contributed by atoms with E-state index in [1.54, 1.807) is 0 Å². The van der Waals surface area contributed by atoms with Crippen molar-refractivity contribution in [2.45, 2.75) is 53.4 Å². The van der Waals surface area contributed by atoms with E-state index in [4.69, 9.17) is 4.74 Å². The zero-order valence-corrected chi connectivity index (χ0v) is 20.0. The summed E-state index contributed by atoms with van der Waals surface area (Å²) in [5.74, 6) is 0.0792. The average molecular weight is 445 g/mol. The van der Waals surface area contributed by atoms with E-state index in [9.17, 15) is 9.59 Å². The molecule has 0 unspecified atom stereocenters. The Morgan fingerprint density at radius 2 is 1.79 bits per heavy atom. The van der Waals surface area contributed by atoms with Crippen LogP contribution in [0.4, 0.5) is 5.69 Å². The first-order chi connectivity index (χ1) is 15.7.